The molecule has 29 aromatic carbocycles. The van der Waals surface area contributed by atoms with E-state index in [1.165, 1.54) is 326 Å². The lowest BCUT2D eigenvalue weighted by molar-refractivity contribution is 0.444. The first-order valence-corrected chi connectivity index (χ1v) is 52.7. The lowest BCUT2D eigenvalue weighted by Crippen LogP contribution is -2.10. The third-order valence-electron chi connectivity index (χ3n) is 32.5. The maximum Gasteiger partial charge on any atom is -0.00201 e. The topological polar surface area (TPSA) is 0 Å². The van der Waals surface area contributed by atoms with E-state index in [2.05, 4.69) is 530 Å². The van der Waals surface area contributed by atoms with Crippen LogP contribution in [0.3, 0.4) is 0 Å². The van der Waals surface area contributed by atoms with Crippen molar-refractivity contribution >= 4 is 194 Å². The molecule has 0 bridgehead atoms. The average molecular weight is 1880 g/mol. The zero-order valence-corrected chi connectivity index (χ0v) is 83.1. The van der Waals surface area contributed by atoms with E-state index in [1.807, 2.05) is 0 Å². The van der Waals surface area contributed by atoms with Crippen LogP contribution in [0, 0.1) is 0 Å². The molecule has 1 aliphatic rings. The third kappa shape index (κ3) is 14.7. The smallest absolute Gasteiger partial charge is 0.00201 e. The Morgan fingerprint density at radius 1 is 0.149 bits per heavy atom. The first kappa shape index (κ1) is 87.8. The molecule has 30 rings (SSSR count). The van der Waals surface area contributed by atoms with Gasteiger partial charge in [-0.25, -0.2) is 0 Å². The van der Waals surface area contributed by atoms with E-state index in [0.29, 0.717) is 5.92 Å². The summed E-state index contributed by atoms with van der Waals surface area (Å²) < 4.78 is 0. The molecule has 0 aromatic heterocycles. The molecule has 0 amide bonds. The SMILES string of the molecule is CC(C)(C)c1ccc2c(c1)c1ccc3ccccc3c1c1cc3c(-c4ccccc4)c4ccccc4c(-c4ccccc4)c3cc21.c1ccc(-c2c3ccccc3c(-c3ccccc3)c3cc4c(cc23)c2ccc(C3CCCCC3)cc2c2ccc3ccccc3c24)cc1.c1ccc(-c2cc3c(cc2-c2ccccc2)c2ccc4ccccc4c2c2cc4c(-c5ccccc5)c5ccccc5c(-c5ccccc5)c4cc32)cc1. The molecule has 1 saturated carbocycles. The second-order valence-electron chi connectivity index (χ2n) is 41.9. The highest BCUT2D eigenvalue weighted by Gasteiger charge is 2.29. The van der Waals surface area contributed by atoms with Crippen molar-refractivity contribution in [1.29, 1.82) is 0 Å². The Labute approximate surface area is 861 Å². The van der Waals surface area contributed by atoms with Crippen LogP contribution in [-0.4, -0.2) is 0 Å². The van der Waals surface area contributed by atoms with Crippen molar-refractivity contribution in [1.82, 2.24) is 0 Å². The number of fused-ring (bicyclic) bond motifs is 30. The summed E-state index contributed by atoms with van der Waals surface area (Å²) in [6.07, 6.45) is 6.68. The maximum absolute atomic E-state index is 2.56. The number of rotatable bonds is 9. The zero-order chi connectivity index (χ0) is 98.2. The Morgan fingerprint density at radius 2 is 0.372 bits per heavy atom. The summed E-state index contributed by atoms with van der Waals surface area (Å²) in [6, 6.07) is 190. The van der Waals surface area contributed by atoms with Crippen molar-refractivity contribution in [3.63, 3.8) is 0 Å². The second kappa shape index (κ2) is 36.1. The lowest BCUT2D eigenvalue weighted by Gasteiger charge is -2.23. The van der Waals surface area contributed by atoms with Gasteiger partial charge in [-0.1, -0.05) is 495 Å². The highest BCUT2D eigenvalue weighted by molar-refractivity contribution is 6.40. The fourth-order valence-corrected chi connectivity index (χ4v) is 25.7. The van der Waals surface area contributed by atoms with Gasteiger partial charge in [0.15, 0.2) is 0 Å². The van der Waals surface area contributed by atoms with Gasteiger partial charge in [-0.05, 0) is 373 Å². The number of benzene rings is 29. The van der Waals surface area contributed by atoms with Crippen LogP contribution in [0.25, 0.3) is 283 Å². The molecule has 0 nitrogen and oxygen atoms in total. The van der Waals surface area contributed by atoms with Crippen LogP contribution in [0.15, 0.2) is 510 Å². The predicted octanol–water partition coefficient (Wildman–Crippen LogP) is 42.5. The Balaban J connectivity index is 0.000000107. The molecule has 0 atom stereocenters. The summed E-state index contributed by atoms with van der Waals surface area (Å²) in [6.45, 7) is 6.92. The van der Waals surface area contributed by atoms with Crippen molar-refractivity contribution in [3.8, 4) is 89.0 Å². The maximum atomic E-state index is 2.56. The van der Waals surface area contributed by atoms with E-state index >= 15 is 0 Å². The highest BCUT2D eigenvalue weighted by Crippen LogP contribution is 2.56. The number of hydrogen-bond acceptors (Lipinski definition) is 0. The molecule has 29 aromatic rings. The van der Waals surface area contributed by atoms with Gasteiger partial charge in [0.1, 0.15) is 0 Å². The van der Waals surface area contributed by atoms with Gasteiger partial charge in [-0.2, -0.15) is 0 Å². The summed E-state index contributed by atoms with van der Waals surface area (Å²) in [7, 11) is 0. The summed E-state index contributed by atoms with van der Waals surface area (Å²) in [5, 5.41) is 46.8. The Hall–Kier alpha value is -17.9. The highest BCUT2D eigenvalue weighted by atomic mass is 14.3. The van der Waals surface area contributed by atoms with Crippen molar-refractivity contribution < 1.29 is 0 Å². The minimum absolute atomic E-state index is 0.0552. The Morgan fingerprint density at radius 3 is 0.669 bits per heavy atom. The normalized spacial score (nSPS) is 12.7. The molecule has 0 saturated heterocycles. The third-order valence-corrected chi connectivity index (χ3v) is 32.5. The first-order chi connectivity index (χ1) is 73.1. The molecular weight excluding hydrogens is 1780 g/mol. The van der Waals surface area contributed by atoms with Crippen molar-refractivity contribution in [2.75, 3.05) is 0 Å². The van der Waals surface area contributed by atoms with Crippen LogP contribution in [0.1, 0.15) is 69.9 Å². The van der Waals surface area contributed by atoms with E-state index in [4.69, 9.17) is 0 Å². The van der Waals surface area contributed by atoms with Gasteiger partial charge in [-0.3, -0.25) is 0 Å². The monoisotopic (exact) mass is 1880 g/mol. The largest absolute Gasteiger partial charge is 0.0622 e. The van der Waals surface area contributed by atoms with Crippen molar-refractivity contribution in [3.05, 3.63) is 521 Å². The minimum Gasteiger partial charge on any atom is -0.0622 e. The van der Waals surface area contributed by atoms with E-state index in [-0.39, 0.29) is 5.41 Å². The molecule has 0 spiro atoms. The van der Waals surface area contributed by atoms with Crippen LogP contribution >= 0.6 is 0 Å². The standard InChI is InChI=1S/C54H34.C48H36.C46H34/c1-5-17-35(18-6-1)44-31-46-43-30-29-37-21-13-14-26-40(37)54(43)49-34-51-50(33-48(49)47(46)32-45(44)36-19-7-2-8-20-36)52(38-22-9-3-10-23-38)41-27-15-16-28-42(41)53(51)39-24-11-4-12-25-39;1-4-14-31(15-5-1)35-25-26-37-41(28-35)40-27-24-32-16-10-11-21-36(32)48(40)43-30-45-44(29-42(37)43)46(33-17-6-2-7-18-33)38-22-12-13-23-39(38)47(45)34-19-8-3-9-20-34;1-46(2,3)32-23-25-34-38(26-32)37-24-22-29-14-10-11-19-33(29)45(37)40-28-42-41(27-39(34)40)43(30-15-6-4-7-16-30)35-20-12-13-21-36(35)44(42)31-17-8-5-9-18-31/h1-34H;2-3,6-13,16-31H,1,4-5,14-15H2;4-28H,1-3H3. The predicted molar refractivity (Wildman–Crippen MR) is 642 cm³/mol. The molecule has 1 fully saturated rings. The average Bonchev–Trinajstić information content (AvgIpc) is 0.699. The van der Waals surface area contributed by atoms with Gasteiger partial charge >= 0.3 is 0 Å². The van der Waals surface area contributed by atoms with Crippen LogP contribution in [0.5, 0.6) is 0 Å². The molecule has 148 heavy (non-hydrogen) atoms. The second-order valence-corrected chi connectivity index (χ2v) is 41.9. The molecule has 0 unspecified atom stereocenters. The van der Waals surface area contributed by atoms with Crippen LogP contribution < -0.4 is 0 Å². The first-order valence-electron chi connectivity index (χ1n) is 52.7. The summed E-state index contributed by atoms with van der Waals surface area (Å²) in [5.41, 5.74) is 23.1. The fourth-order valence-electron chi connectivity index (χ4n) is 25.7. The quantitative estimate of drug-likeness (QED) is 0.0998. The molecule has 696 valence electrons. The zero-order valence-electron chi connectivity index (χ0n) is 83.1. The molecule has 0 heteroatoms. The van der Waals surface area contributed by atoms with Crippen LogP contribution in [-0.2, 0) is 5.41 Å². The van der Waals surface area contributed by atoms with E-state index in [9.17, 15) is 0 Å². The molecule has 1 aliphatic carbocycles. The molecule has 0 aliphatic heterocycles. The van der Waals surface area contributed by atoms with E-state index < -0.39 is 0 Å². The molecular formula is C148H104. The Bertz CT molecular complexity index is 10400. The van der Waals surface area contributed by atoms with Gasteiger partial charge in [0.05, 0.1) is 0 Å². The minimum atomic E-state index is 0.0552. The van der Waals surface area contributed by atoms with Gasteiger partial charge in [0.25, 0.3) is 0 Å². The van der Waals surface area contributed by atoms with Gasteiger partial charge in [-0.15, -0.1) is 0 Å². The summed E-state index contributed by atoms with van der Waals surface area (Å²) >= 11 is 0. The van der Waals surface area contributed by atoms with E-state index in [1.54, 1.807) is 0 Å². The summed E-state index contributed by atoms with van der Waals surface area (Å²) in [4.78, 5) is 0. The van der Waals surface area contributed by atoms with Gasteiger partial charge in [0, 0.05) is 0 Å². The number of hydrogen-bond donors (Lipinski definition) is 0. The van der Waals surface area contributed by atoms with Crippen molar-refractivity contribution in [2.24, 2.45) is 0 Å². The molecule has 0 radical (unpaired) electrons. The molecule has 0 heterocycles. The summed E-state index contributed by atoms with van der Waals surface area (Å²) in [5.74, 6) is 0.662. The van der Waals surface area contributed by atoms with Gasteiger partial charge < -0.3 is 0 Å². The van der Waals surface area contributed by atoms with Crippen LogP contribution in [0.2, 0.25) is 0 Å². The van der Waals surface area contributed by atoms with Crippen LogP contribution in [0.4, 0.5) is 0 Å². The van der Waals surface area contributed by atoms with Gasteiger partial charge in [0.2, 0.25) is 0 Å². The Kier molecular flexibility index (Phi) is 21.4. The van der Waals surface area contributed by atoms with E-state index in [0.717, 1.165) is 0 Å². The lowest BCUT2D eigenvalue weighted by atomic mass is 9.81. The fraction of sp³-hybridized carbons (Fsp3) is 0.0676. The van der Waals surface area contributed by atoms with Crippen molar-refractivity contribution in [2.45, 2.75) is 64.2 Å². The molecule has 0 N–H and O–H groups in total.